The molecule has 1 atom stereocenters. The minimum atomic E-state index is -0.0158. The van der Waals surface area contributed by atoms with Crippen LogP contribution in [0.5, 0.6) is 0 Å². The molecule has 0 spiro atoms. The van der Waals surface area contributed by atoms with Crippen LogP contribution >= 0.6 is 0 Å². The van der Waals surface area contributed by atoms with E-state index in [1.807, 2.05) is 4.90 Å². The lowest BCUT2D eigenvalue weighted by molar-refractivity contribution is -0.936. The minimum Gasteiger partial charge on any atom is -0.459 e. The number of nitrogens with one attached hydrogen (secondary N) is 1. The van der Waals surface area contributed by atoms with Crippen LogP contribution in [0.25, 0.3) is 0 Å². The number of quaternary nitrogens is 1. The van der Waals surface area contributed by atoms with Gasteiger partial charge in [0.1, 0.15) is 6.04 Å². The largest absolute Gasteiger partial charge is 0.459 e. The second-order valence-corrected chi connectivity index (χ2v) is 7.31. The Labute approximate surface area is 153 Å². The maximum atomic E-state index is 12.5. The predicted molar refractivity (Wildman–Crippen MR) is 93.7 cm³/mol. The Morgan fingerprint density at radius 2 is 2.12 bits per heavy atom. The van der Waals surface area contributed by atoms with Crippen molar-refractivity contribution in [1.29, 1.82) is 0 Å². The number of piperazine rings is 1. The maximum Gasteiger partial charge on any atom is 0.289 e. The number of hydrogen-bond donors (Lipinski definition) is 1. The van der Waals surface area contributed by atoms with Crippen LogP contribution < -0.4 is 4.90 Å². The summed E-state index contributed by atoms with van der Waals surface area (Å²) in [5.74, 6) is 1.42. The molecule has 8 heteroatoms. The third-order valence-corrected chi connectivity index (χ3v) is 5.83. The molecule has 2 aromatic heterocycles. The number of nitrogens with zero attached hydrogens (tertiary/aromatic N) is 5. The summed E-state index contributed by atoms with van der Waals surface area (Å²) in [4.78, 5) is 15.8. The van der Waals surface area contributed by atoms with Crippen molar-refractivity contribution >= 4 is 5.91 Å². The van der Waals surface area contributed by atoms with Crippen molar-refractivity contribution in [3.05, 3.63) is 30.0 Å². The number of aromatic nitrogens is 4. The van der Waals surface area contributed by atoms with Crippen molar-refractivity contribution in [2.45, 2.75) is 51.1 Å². The first kappa shape index (κ1) is 17.2. The minimum absolute atomic E-state index is 0.0158. The number of tetrazole rings is 1. The van der Waals surface area contributed by atoms with Gasteiger partial charge < -0.3 is 14.2 Å². The Hall–Kier alpha value is -2.22. The molecule has 4 rings (SSSR count). The summed E-state index contributed by atoms with van der Waals surface area (Å²) in [6.07, 6.45) is 7.42. The van der Waals surface area contributed by atoms with Gasteiger partial charge in [-0.25, -0.2) is 4.68 Å². The average Bonchev–Trinajstić information content (AvgIpc) is 3.43. The summed E-state index contributed by atoms with van der Waals surface area (Å²) in [7, 11) is 0. The van der Waals surface area contributed by atoms with Crippen LogP contribution in [0.4, 0.5) is 0 Å². The third kappa shape index (κ3) is 3.25. The Morgan fingerprint density at radius 3 is 2.77 bits per heavy atom. The van der Waals surface area contributed by atoms with E-state index in [9.17, 15) is 4.79 Å². The van der Waals surface area contributed by atoms with Gasteiger partial charge in [0.2, 0.25) is 5.82 Å². The molecule has 2 aliphatic rings. The highest BCUT2D eigenvalue weighted by Gasteiger charge is 2.35. The van der Waals surface area contributed by atoms with Crippen LogP contribution in [-0.2, 0) is 0 Å². The fourth-order valence-corrected chi connectivity index (χ4v) is 4.39. The molecule has 26 heavy (non-hydrogen) atoms. The highest BCUT2D eigenvalue weighted by Crippen LogP contribution is 2.30. The van der Waals surface area contributed by atoms with E-state index in [0.29, 0.717) is 11.8 Å². The fourth-order valence-electron chi connectivity index (χ4n) is 4.39. The van der Waals surface area contributed by atoms with Crippen LogP contribution in [0, 0.1) is 0 Å². The van der Waals surface area contributed by atoms with E-state index < -0.39 is 0 Å². The van der Waals surface area contributed by atoms with Gasteiger partial charge in [-0.3, -0.25) is 4.79 Å². The van der Waals surface area contributed by atoms with E-state index in [0.717, 1.165) is 38.4 Å². The van der Waals surface area contributed by atoms with Gasteiger partial charge in [-0.1, -0.05) is 19.8 Å². The topological polar surface area (TPSA) is 81.5 Å². The SMILES string of the molecule is CC[C@@H](c1nnnn1C1CCCC1)[NH+]1CCN(C(=O)c2ccco2)CC1. The number of hydrogen-bond acceptors (Lipinski definition) is 5. The van der Waals surface area contributed by atoms with Gasteiger partial charge in [0.25, 0.3) is 5.91 Å². The number of amides is 1. The second kappa shape index (κ2) is 7.57. The summed E-state index contributed by atoms with van der Waals surface area (Å²) in [5, 5.41) is 12.7. The molecule has 1 amide bonds. The van der Waals surface area contributed by atoms with Crippen molar-refractivity contribution in [3.63, 3.8) is 0 Å². The van der Waals surface area contributed by atoms with Gasteiger partial charge in [0.05, 0.1) is 38.5 Å². The lowest BCUT2D eigenvalue weighted by atomic mass is 10.1. The zero-order valence-corrected chi connectivity index (χ0v) is 15.3. The Balaban J connectivity index is 1.43. The van der Waals surface area contributed by atoms with Crippen molar-refractivity contribution in [1.82, 2.24) is 25.1 Å². The lowest BCUT2D eigenvalue weighted by Crippen LogP contribution is -3.15. The summed E-state index contributed by atoms with van der Waals surface area (Å²) < 4.78 is 7.33. The number of rotatable bonds is 5. The molecular weight excluding hydrogens is 332 g/mol. The smallest absolute Gasteiger partial charge is 0.289 e. The van der Waals surface area contributed by atoms with Gasteiger partial charge in [-0.2, -0.15) is 0 Å². The predicted octanol–water partition coefficient (Wildman–Crippen LogP) is 0.873. The molecule has 0 radical (unpaired) electrons. The fraction of sp³-hybridized carbons (Fsp3) is 0.667. The molecule has 1 saturated carbocycles. The Bertz CT molecular complexity index is 714. The molecule has 1 aliphatic heterocycles. The normalized spacial score (nSPS) is 20.6. The first-order valence-electron chi connectivity index (χ1n) is 9.73. The Morgan fingerprint density at radius 1 is 1.35 bits per heavy atom. The lowest BCUT2D eigenvalue weighted by Gasteiger charge is -2.35. The molecular formula is C18H27N6O2+. The monoisotopic (exact) mass is 359 g/mol. The highest BCUT2D eigenvalue weighted by molar-refractivity contribution is 5.91. The van der Waals surface area contributed by atoms with Crippen LogP contribution in [-0.4, -0.2) is 57.2 Å². The maximum absolute atomic E-state index is 12.5. The van der Waals surface area contributed by atoms with E-state index in [4.69, 9.17) is 4.42 Å². The first-order valence-corrected chi connectivity index (χ1v) is 9.73. The number of carbonyl (C=O) groups excluding carboxylic acids is 1. The van der Waals surface area contributed by atoms with Gasteiger partial charge in [-0.15, -0.1) is 5.10 Å². The first-order chi connectivity index (χ1) is 12.8. The molecule has 1 N–H and O–H groups in total. The third-order valence-electron chi connectivity index (χ3n) is 5.83. The molecule has 8 nitrogen and oxygen atoms in total. The molecule has 2 aromatic rings. The number of furan rings is 1. The zero-order valence-electron chi connectivity index (χ0n) is 15.3. The van der Waals surface area contributed by atoms with Crippen LogP contribution in [0.2, 0.25) is 0 Å². The van der Waals surface area contributed by atoms with E-state index in [2.05, 4.69) is 27.1 Å². The number of carbonyl (C=O) groups is 1. The van der Waals surface area contributed by atoms with Gasteiger partial charge >= 0.3 is 0 Å². The quantitative estimate of drug-likeness (QED) is 0.857. The van der Waals surface area contributed by atoms with Crippen molar-refractivity contribution in [3.8, 4) is 0 Å². The van der Waals surface area contributed by atoms with Crippen molar-refractivity contribution < 1.29 is 14.1 Å². The summed E-state index contributed by atoms with van der Waals surface area (Å²) in [6, 6.07) is 4.22. The van der Waals surface area contributed by atoms with Gasteiger partial charge in [0.15, 0.2) is 5.76 Å². The summed E-state index contributed by atoms with van der Waals surface area (Å²) in [5.41, 5.74) is 0. The van der Waals surface area contributed by atoms with E-state index >= 15 is 0 Å². The average molecular weight is 359 g/mol. The van der Waals surface area contributed by atoms with Crippen LogP contribution in [0.3, 0.4) is 0 Å². The molecule has 0 aromatic carbocycles. The summed E-state index contributed by atoms with van der Waals surface area (Å²) >= 11 is 0. The molecule has 140 valence electrons. The van der Waals surface area contributed by atoms with Gasteiger partial charge in [0, 0.05) is 6.42 Å². The molecule has 1 aliphatic carbocycles. The van der Waals surface area contributed by atoms with Crippen molar-refractivity contribution in [2.24, 2.45) is 0 Å². The van der Waals surface area contributed by atoms with Crippen LogP contribution in [0.1, 0.15) is 67.5 Å². The standard InChI is InChI=1S/C18H26N6O2/c1-2-15(17-19-20-21-24(17)14-6-3-4-7-14)22-9-11-23(12-10-22)18(25)16-8-5-13-26-16/h5,8,13-15H,2-4,6-7,9-12H2,1H3/p+1/t15-/m0/s1. The van der Waals surface area contributed by atoms with Crippen LogP contribution in [0.15, 0.2) is 22.8 Å². The molecule has 3 heterocycles. The van der Waals surface area contributed by atoms with Gasteiger partial charge in [-0.05, 0) is 35.4 Å². The van der Waals surface area contributed by atoms with E-state index in [1.54, 1.807) is 18.4 Å². The summed E-state index contributed by atoms with van der Waals surface area (Å²) in [6.45, 7) is 5.48. The Kier molecular flexibility index (Phi) is 5.01. The van der Waals surface area contributed by atoms with E-state index in [1.165, 1.54) is 30.6 Å². The van der Waals surface area contributed by atoms with E-state index in [-0.39, 0.29) is 11.9 Å². The highest BCUT2D eigenvalue weighted by atomic mass is 16.3. The second-order valence-electron chi connectivity index (χ2n) is 7.31. The zero-order chi connectivity index (χ0) is 17.9. The molecule has 2 fully saturated rings. The molecule has 0 unspecified atom stereocenters. The molecule has 1 saturated heterocycles. The van der Waals surface area contributed by atoms with Crippen molar-refractivity contribution in [2.75, 3.05) is 26.2 Å². The molecule has 0 bridgehead atoms.